The smallest absolute Gasteiger partial charge is 0.127 e. The van der Waals surface area contributed by atoms with Crippen LogP contribution in [0.15, 0.2) is 54.6 Å². The minimum Gasteiger partial charge on any atom is -0.457 e. The van der Waals surface area contributed by atoms with E-state index in [0.717, 1.165) is 24.1 Å². The average molecular weight is 295 g/mol. The summed E-state index contributed by atoms with van der Waals surface area (Å²) in [4.78, 5) is 2.64. The highest BCUT2D eigenvalue weighted by Gasteiger charge is 2.28. The lowest BCUT2D eigenvalue weighted by Gasteiger charge is -2.21. The lowest BCUT2D eigenvalue weighted by molar-refractivity contribution is 0.250. The molecule has 0 bridgehead atoms. The van der Waals surface area contributed by atoms with Gasteiger partial charge in [0.15, 0.2) is 0 Å². The van der Waals surface area contributed by atoms with Gasteiger partial charge in [0.25, 0.3) is 0 Å². The van der Waals surface area contributed by atoms with Crippen LogP contribution >= 0.6 is 0 Å². The Hall–Kier alpha value is -1.80. The third-order valence-electron chi connectivity index (χ3n) is 4.15. The summed E-state index contributed by atoms with van der Waals surface area (Å²) in [6.07, 6.45) is 5.32. The van der Waals surface area contributed by atoms with Crippen molar-refractivity contribution in [3.63, 3.8) is 0 Å². The van der Waals surface area contributed by atoms with Crippen LogP contribution in [0.5, 0.6) is 11.5 Å². The molecule has 0 unspecified atom stereocenters. The van der Waals surface area contributed by atoms with Crippen molar-refractivity contribution in [2.24, 2.45) is 0 Å². The Balaban J connectivity index is 1.58. The van der Waals surface area contributed by atoms with E-state index in [1.807, 2.05) is 30.3 Å². The van der Waals surface area contributed by atoms with Gasteiger partial charge in [-0.05, 0) is 55.6 Å². The van der Waals surface area contributed by atoms with E-state index in [9.17, 15) is 0 Å². The fraction of sp³-hybridized carbons (Fsp3) is 0.400. The number of hydrogen-bond donors (Lipinski definition) is 0. The first-order chi connectivity index (χ1) is 10.8. The maximum atomic E-state index is 5.85. The van der Waals surface area contributed by atoms with Gasteiger partial charge in [-0.15, -0.1) is 0 Å². The Morgan fingerprint density at radius 2 is 1.64 bits per heavy atom. The predicted molar refractivity (Wildman–Crippen MR) is 91.3 cm³/mol. The number of nitrogens with zero attached hydrogens (tertiary/aromatic N) is 1. The van der Waals surface area contributed by atoms with Gasteiger partial charge >= 0.3 is 0 Å². The van der Waals surface area contributed by atoms with Crippen molar-refractivity contribution in [2.75, 3.05) is 6.54 Å². The maximum Gasteiger partial charge on any atom is 0.127 e. The van der Waals surface area contributed by atoms with Crippen LogP contribution in [0.4, 0.5) is 0 Å². The van der Waals surface area contributed by atoms with Crippen LogP contribution in [0.25, 0.3) is 0 Å². The minimum atomic E-state index is 0.826. The number of hydrogen-bond acceptors (Lipinski definition) is 2. The van der Waals surface area contributed by atoms with Crippen LogP contribution < -0.4 is 4.74 Å². The molecule has 22 heavy (non-hydrogen) atoms. The number of benzene rings is 2. The second-order valence-corrected chi connectivity index (χ2v) is 6.11. The van der Waals surface area contributed by atoms with E-state index in [-0.39, 0.29) is 0 Å². The molecule has 0 radical (unpaired) electrons. The maximum absolute atomic E-state index is 5.85. The number of unbranched alkanes of at least 4 members (excludes halogenated alkanes) is 1. The van der Waals surface area contributed by atoms with E-state index in [4.69, 9.17) is 4.74 Å². The highest BCUT2D eigenvalue weighted by Crippen LogP contribution is 2.29. The van der Waals surface area contributed by atoms with Crippen molar-refractivity contribution in [1.29, 1.82) is 0 Å². The second kappa shape index (κ2) is 7.46. The van der Waals surface area contributed by atoms with Crippen LogP contribution in [0.3, 0.4) is 0 Å². The van der Waals surface area contributed by atoms with Gasteiger partial charge in [-0.2, -0.15) is 0 Å². The fourth-order valence-corrected chi connectivity index (χ4v) is 2.71. The Bertz CT molecular complexity index is 560. The molecule has 0 aromatic heterocycles. The Morgan fingerprint density at radius 3 is 2.27 bits per heavy atom. The van der Waals surface area contributed by atoms with Gasteiger partial charge in [-0.1, -0.05) is 43.7 Å². The number of ether oxygens (including phenoxy) is 1. The molecule has 2 aromatic carbocycles. The van der Waals surface area contributed by atoms with Gasteiger partial charge in [0, 0.05) is 12.6 Å². The largest absolute Gasteiger partial charge is 0.457 e. The summed E-state index contributed by atoms with van der Waals surface area (Å²) in [5.74, 6) is 1.79. The van der Waals surface area contributed by atoms with Crippen molar-refractivity contribution in [2.45, 2.75) is 45.2 Å². The number of rotatable bonds is 8. The van der Waals surface area contributed by atoms with E-state index in [1.165, 1.54) is 37.8 Å². The molecule has 1 aliphatic rings. The monoisotopic (exact) mass is 295 g/mol. The molecule has 1 aliphatic carbocycles. The van der Waals surface area contributed by atoms with E-state index in [1.54, 1.807) is 0 Å². The first-order valence-electron chi connectivity index (χ1n) is 8.41. The normalized spacial score (nSPS) is 14.3. The fourth-order valence-electron chi connectivity index (χ4n) is 2.71. The molecular formula is C20H25NO. The molecule has 0 amide bonds. The van der Waals surface area contributed by atoms with E-state index in [0.29, 0.717) is 0 Å². The summed E-state index contributed by atoms with van der Waals surface area (Å²) >= 11 is 0. The molecule has 116 valence electrons. The lowest BCUT2D eigenvalue weighted by atomic mass is 10.2. The molecule has 2 heteroatoms. The Kier molecular flexibility index (Phi) is 5.12. The van der Waals surface area contributed by atoms with Crippen molar-refractivity contribution in [1.82, 2.24) is 4.90 Å². The van der Waals surface area contributed by atoms with Gasteiger partial charge in [-0.25, -0.2) is 0 Å². The summed E-state index contributed by atoms with van der Waals surface area (Å²) in [5.41, 5.74) is 1.38. The first kappa shape index (κ1) is 15.1. The van der Waals surface area contributed by atoms with Gasteiger partial charge in [0.1, 0.15) is 11.5 Å². The van der Waals surface area contributed by atoms with Crippen molar-refractivity contribution >= 4 is 0 Å². The first-order valence-corrected chi connectivity index (χ1v) is 8.41. The van der Waals surface area contributed by atoms with Crippen LogP contribution in [0, 0.1) is 0 Å². The second-order valence-electron chi connectivity index (χ2n) is 6.11. The predicted octanol–water partition coefficient (Wildman–Crippen LogP) is 5.24. The van der Waals surface area contributed by atoms with Crippen molar-refractivity contribution in [3.05, 3.63) is 60.2 Å². The molecule has 2 aromatic rings. The molecule has 1 saturated carbocycles. The molecule has 2 nitrogen and oxygen atoms in total. The zero-order chi connectivity index (χ0) is 15.2. The zero-order valence-electron chi connectivity index (χ0n) is 13.4. The summed E-state index contributed by atoms with van der Waals surface area (Å²) in [5, 5.41) is 0. The average Bonchev–Trinajstić information content (AvgIpc) is 3.39. The lowest BCUT2D eigenvalue weighted by Crippen LogP contribution is -2.26. The molecule has 0 saturated heterocycles. The summed E-state index contributed by atoms with van der Waals surface area (Å²) in [7, 11) is 0. The Morgan fingerprint density at radius 1 is 0.955 bits per heavy atom. The van der Waals surface area contributed by atoms with Crippen molar-refractivity contribution < 1.29 is 4.74 Å². The molecular weight excluding hydrogens is 270 g/mol. The zero-order valence-corrected chi connectivity index (χ0v) is 13.4. The number of para-hydroxylation sites is 1. The van der Waals surface area contributed by atoms with E-state index >= 15 is 0 Å². The molecule has 3 rings (SSSR count). The molecule has 0 aliphatic heterocycles. The van der Waals surface area contributed by atoms with Crippen LogP contribution in [-0.4, -0.2) is 17.5 Å². The van der Waals surface area contributed by atoms with Crippen LogP contribution in [0.1, 0.15) is 38.2 Å². The van der Waals surface area contributed by atoms with E-state index < -0.39 is 0 Å². The highest BCUT2D eigenvalue weighted by molar-refractivity contribution is 5.33. The minimum absolute atomic E-state index is 0.826. The Labute approximate surface area is 133 Å². The molecule has 0 atom stereocenters. The third-order valence-corrected chi connectivity index (χ3v) is 4.15. The molecule has 0 N–H and O–H groups in total. The third kappa shape index (κ3) is 4.35. The summed E-state index contributed by atoms with van der Waals surface area (Å²) in [6, 6.07) is 19.3. The SMILES string of the molecule is CCCCN(Cc1ccc(Oc2ccccc2)cc1)C1CC1. The summed E-state index contributed by atoms with van der Waals surface area (Å²) in [6.45, 7) is 4.56. The molecule has 1 fully saturated rings. The van der Waals surface area contributed by atoms with Crippen molar-refractivity contribution in [3.8, 4) is 11.5 Å². The van der Waals surface area contributed by atoms with Crippen LogP contribution in [0.2, 0.25) is 0 Å². The molecule has 0 heterocycles. The van der Waals surface area contributed by atoms with Gasteiger partial charge in [0.2, 0.25) is 0 Å². The quantitative estimate of drug-likeness (QED) is 0.660. The van der Waals surface area contributed by atoms with E-state index in [2.05, 4.69) is 36.1 Å². The molecule has 0 spiro atoms. The van der Waals surface area contributed by atoms with Crippen LogP contribution in [-0.2, 0) is 6.54 Å². The highest BCUT2D eigenvalue weighted by atomic mass is 16.5. The standard InChI is InChI=1S/C20H25NO/c1-2-3-15-21(18-11-12-18)16-17-9-13-20(14-10-17)22-19-7-5-4-6-8-19/h4-10,13-14,18H,2-3,11-12,15-16H2,1H3. The summed E-state index contributed by atoms with van der Waals surface area (Å²) < 4.78 is 5.85. The van der Waals surface area contributed by atoms with Gasteiger partial charge in [-0.3, -0.25) is 4.90 Å². The van der Waals surface area contributed by atoms with Gasteiger partial charge in [0.05, 0.1) is 0 Å². The van der Waals surface area contributed by atoms with Gasteiger partial charge < -0.3 is 4.74 Å². The topological polar surface area (TPSA) is 12.5 Å².